The van der Waals surface area contributed by atoms with Crippen LogP contribution in [0.1, 0.15) is 17.5 Å². The van der Waals surface area contributed by atoms with Gasteiger partial charge in [0.25, 0.3) is 10.0 Å². The Kier molecular flexibility index (Phi) is 7.89. The zero-order valence-electron chi connectivity index (χ0n) is 18.3. The Morgan fingerprint density at radius 3 is 2.25 bits per heavy atom. The van der Waals surface area contributed by atoms with E-state index >= 15 is 0 Å². The molecular formula is C25H28N2O4S. The number of hydrogen-bond acceptors (Lipinski definition) is 4. The summed E-state index contributed by atoms with van der Waals surface area (Å²) in [5.41, 5.74) is 2.33. The summed E-state index contributed by atoms with van der Waals surface area (Å²) >= 11 is 0. The fourth-order valence-corrected chi connectivity index (χ4v) is 4.91. The molecule has 0 spiro atoms. The molecule has 32 heavy (non-hydrogen) atoms. The van der Waals surface area contributed by atoms with Crippen LogP contribution in [0.15, 0.2) is 83.8 Å². The summed E-state index contributed by atoms with van der Waals surface area (Å²) in [6, 6.07) is 23.3. The van der Waals surface area contributed by atoms with Crippen LogP contribution >= 0.6 is 0 Å². The molecule has 0 aliphatic rings. The lowest BCUT2D eigenvalue weighted by Crippen LogP contribution is -2.41. The Hall–Kier alpha value is -3.32. The summed E-state index contributed by atoms with van der Waals surface area (Å²) in [5, 5.41) is 2.84. The first-order valence-corrected chi connectivity index (χ1v) is 11.9. The first kappa shape index (κ1) is 23.3. The number of sulfonamides is 1. The summed E-state index contributed by atoms with van der Waals surface area (Å²) in [6.45, 7) is 1.95. The molecule has 7 heteroatoms. The number of para-hydroxylation sites is 1. The third-order valence-corrected chi connectivity index (χ3v) is 6.86. The van der Waals surface area contributed by atoms with E-state index in [0.29, 0.717) is 23.5 Å². The second kappa shape index (κ2) is 10.8. The lowest BCUT2D eigenvalue weighted by Gasteiger charge is -2.24. The standard InChI is InChI=1S/C25H28N2O4S/c1-20-18-23(15-16-24(20)31-2)32(29,30)27(22-13-7-4-8-14-22)19-25(28)26-17-9-12-21-10-5-3-6-11-21/h3-8,10-11,13-16,18H,9,12,17,19H2,1-2H3,(H,26,28). The third kappa shape index (κ3) is 5.88. The van der Waals surface area contributed by atoms with E-state index in [-0.39, 0.29) is 17.3 Å². The summed E-state index contributed by atoms with van der Waals surface area (Å²) in [4.78, 5) is 12.8. The number of nitrogens with zero attached hydrogens (tertiary/aromatic N) is 1. The molecule has 168 valence electrons. The van der Waals surface area contributed by atoms with Crippen LogP contribution < -0.4 is 14.4 Å². The molecule has 1 amide bonds. The molecule has 6 nitrogen and oxygen atoms in total. The van der Waals surface area contributed by atoms with Gasteiger partial charge >= 0.3 is 0 Å². The molecule has 0 radical (unpaired) electrons. The fraction of sp³-hybridized carbons (Fsp3) is 0.240. The number of hydrogen-bond donors (Lipinski definition) is 1. The van der Waals surface area contributed by atoms with Gasteiger partial charge in [0.05, 0.1) is 17.7 Å². The minimum Gasteiger partial charge on any atom is -0.496 e. The highest BCUT2D eigenvalue weighted by atomic mass is 32.2. The van der Waals surface area contributed by atoms with Crippen molar-refractivity contribution in [2.45, 2.75) is 24.7 Å². The van der Waals surface area contributed by atoms with Crippen LogP contribution in [0.5, 0.6) is 5.75 Å². The summed E-state index contributed by atoms with van der Waals surface area (Å²) in [6.07, 6.45) is 1.61. The largest absolute Gasteiger partial charge is 0.496 e. The Bertz CT molecular complexity index is 1130. The van der Waals surface area contributed by atoms with E-state index in [4.69, 9.17) is 4.74 Å². The zero-order chi connectivity index (χ0) is 23.0. The molecule has 0 unspecified atom stereocenters. The Balaban J connectivity index is 1.73. The number of carbonyl (C=O) groups excluding carboxylic acids is 1. The molecule has 1 N–H and O–H groups in total. The number of anilines is 1. The van der Waals surface area contributed by atoms with Gasteiger partial charge in [-0.3, -0.25) is 9.10 Å². The van der Waals surface area contributed by atoms with Crippen molar-refractivity contribution in [2.24, 2.45) is 0 Å². The van der Waals surface area contributed by atoms with Gasteiger partial charge in [0.1, 0.15) is 12.3 Å². The highest BCUT2D eigenvalue weighted by Crippen LogP contribution is 2.27. The normalized spacial score (nSPS) is 11.1. The maximum absolute atomic E-state index is 13.4. The molecule has 3 rings (SSSR count). The van der Waals surface area contributed by atoms with Gasteiger partial charge in [0, 0.05) is 6.54 Å². The maximum Gasteiger partial charge on any atom is 0.264 e. The number of carbonyl (C=O) groups is 1. The number of nitrogens with one attached hydrogen (secondary N) is 1. The summed E-state index contributed by atoms with van der Waals surface area (Å²) < 4.78 is 33.3. The van der Waals surface area contributed by atoms with Crippen LogP contribution in [-0.4, -0.2) is 34.5 Å². The average Bonchev–Trinajstić information content (AvgIpc) is 2.81. The molecule has 0 aliphatic heterocycles. The molecule has 0 bridgehead atoms. The fourth-order valence-electron chi connectivity index (χ4n) is 3.40. The number of amides is 1. The van der Waals surface area contributed by atoms with Gasteiger partial charge in [-0.2, -0.15) is 0 Å². The molecule has 0 atom stereocenters. The minimum atomic E-state index is -3.95. The van der Waals surface area contributed by atoms with Gasteiger partial charge in [0.15, 0.2) is 0 Å². The van der Waals surface area contributed by atoms with Crippen molar-refractivity contribution in [3.05, 3.63) is 90.0 Å². The van der Waals surface area contributed by atoms with Crippen LogP contribution in [0.3, 0.4) is 0 Å². The quantitative estimate of drug-likeness (QED) is 0.473. The smallest absolute Gasteiger partial charge is 0.264 e. The minimum absolute atomic E-state index is 0.108. The second-order valence-corrected chi connectivity index (χ2v) is 9.28. The van der Waals surface area contributed by atoms with Crippen molar-refractivity contribution in [3.63, 3.8) is 0 Å². The number of aryl methyl sites for hydroxylation is 2. The van der Waals surface area contributed by atoms with E-state index in [9.17, 15) is 13.2 Å². The van der Waals surface area contributed by atoms with Gasteiger partial charge < -0.3 is 10.1 Å². The molecule has 0 aromatic heterocycles. The van der Waals surface area contributed by atoms with Crippen molar-refractivity contribution < 1.29 is 17.9 Å². The van der Waals surface area contributed by atoms with Gasteiger partial charge in [-0.1, -0.05) is 48.5 Å². The van der Waals surface area contributed by atoms with E-state index in [1.54, 1.807) is 49.4 Å². The molecule has 0 saturated heterocycles. The highest BCUT2D eigenvalue weighted by Gasteiger charge is 2.27. The maximum atomic E-state index is 13.4. The van der Waals surface area contributed by atoms with Crippen molar-refractivity contribution in [1.82, 2.24) is 5.32 Å². The summed E-state index contributed by atoms with van der Waals surface area (Å²) in [5.74, 6) is 0.252. The van der Waals surface area contributed by atoms with Crippen molar-refractivity contribution in [1.29, 1.82) is 0 Å². The van der Waals surface area contributed by atoms with Gasteiger partial charge in [0.2, 0.25) is 5.91 Å². The average molecular weight is 453 g/mol. The van der Waals surface area contributed by atoms with Crippen molar-refractivity contribution >= 4 is 21.6 Å². The number of methoxy groups -OCH3 is 1. The van der Waals surface area contributed by atoms with E-state index in [2.05, 4.69) is 5.32 Å². The lowest BCUT2D eigenvalue weighted by molar-refractivity contribution is -0.119. The van der Waals surface area contributed by atoms with E-state index in [1.165, 1.54) is 18.7 Å². The highest BCUT2D eigenvalue weighted by molar-refractivity contribution is 7.92. The van der Waals surface area contributed by atoms with Crippen LogP contribution in [0.25, 0.3) is 0 Å². The van der Waals surface area contributed by atoms with E-state index < -0.39 is 10.0 Å². The van der Waals surface area contributed by atoms with Crippen molar-refractivity contribution in [2.75, 3.05) is 24.5 Å². The Morgan fingerprint density at radius 1 is 0.969 bits per heavy atom. The second-order valence-electron chi connectivity index (χ2n) is 7.42. The van der Waals surface area contributed by atoms with Crippen LogP contribution in [0.2, 0.25) is 0 Å². The molecular weight excluding hydrogens is 424 g/mol. The number of ether oxygens (including phenoxy) is 1. The van der Waals surface area contributed by atoms with E-state index in [1.807, 2.05) is 30.3 Å². The summed E-state index contributed by atoms with van der Waals surface area (Å²) in [7, 11) is -2.42. The van der Waals surface area contributed by atoms with Gasteiger partial charge in [-0.25, -0.2) is 8.42 Å². The molecule has 3 aromatic rings. The molecule has 0 heterocycles. The van der Waals surface area contributed by atoms with Gasteiger partial charge in [-0.15, -0.1) is 0 Å². The van der Waals surface area contributed by atoms with Gasteiger partial charge in [-0.05, 0) is 61.2 Å². The monoisotopic (exact) mass is 452 g/mol. The SMILES string of the molecule is COc1ccc(S(=O)(=O)N(CC(=O)NCCCc2ccccc2)c2ccccc2)cc1C. The Morgan fingerprint density at radius 2 is 1.62 bits per heavy atom. The molecule has 0 saturated carbocycles. The molecule has 0 aliphatic carbocycles. The van der Waals surface area contributed by atoms with Crippen molar-refractivity contribution in [3.8, 4) is 5.75 Å². The Labute approximate surface area is 189 Å². The topological polar surface area (TPSA) is 75.7 Å². The van der Waals surface area contributed by atoms with Crippen LogP contribution in [0, 0.1) is 6.92 Å². The molecule has 0 fully saturated rings. The predicted octanol–water partition coefficient (Wildman–Crippen LogP) is 3.95. The first-order chi connectivity index (χ1) is 15.4. The lowest BCUT2D eigenvalue weighted by atomic mass is 10.1. The van der Waals surface area contributed by atoms with E-state index in [0.717, 1.165) is 17.1 Å². The molecule has 3 aromatic carbocycles. The number of benzene rings is 3. The van der Waals surface area contributed by atoms with Crippen LogP contribution in [0.4, 0.5) is 5.69 Å². The third-order valence-electron chi connectivity index (χ3n) is 5.09. The number of rotatable bonds is 10. The zero-order valence-corrected chi connectivity index (χ0v) is 19.1. The first-order valence-electron chi connectivity index (χ1n) is 10.4. The van der Waals surface area contributed by atoms with Crippen LogP contribution in [-0.2, 0) is 21.2 Å². The predicted molar refractivity (Wildman–Crippen MR) is 126 cm³/mol.